The molecule has 0 bridgehead atoms. The summed E-state index contributed by atoms with van der Waals surface area (Å²) >= 11 is 0. The molecule has 192 valence electrons. The number of nitrogens with one attached hydrogen (secondary N) is 2. The lowest BCUT2D eigenvalue weighted by atomic mass is 9.91. The highest BCUT2D eigenvalue weighted by Gasteiger charge is 2.35. The topological polar surface area (TPSA) is 137 Å². The standard InChI is InChI=1S/C25H28N8O3S/c1-16-11-29-32-33(16)19-5-6-20-21-15-28-24(31-23(21)25(2,3)36-22(20)10-19)30-18-9-17(13-27-14-18)12-26-7-8-37(4,34)35/h5-6,9-11,13-15,26H,7-8,12H2,1-4H3,(H,28,30,31). The highest BCUT2D eigenvalue weighted by Crippen LogP contribution is 2.45. The third kappa shape index (κ3) is 5.44. The number of pyridine rings is 1. The summed E-state index contributed by atoms with van der Waals surface area (Å²) in [5.74, 6) is 1.25. The number of sulfone groups is 1. The van der Waals surface area contributed by atoms with Crippen molar-refractivity contribution in [1.82, 2.24) is 35.3 Å². The van der Waals surface area contributed by atoms with Gasteiger partial charge in [-0.1, -0.05) is 5.21 Å². The van der Waals surface area contributed by atoms with E-state index in [9.17, 15) is 8.42 Å². The molecule has 11 nitrogen and oxygen atoms in total. The Labute approximate surface area is 215 Å². The molecule has 0 saturated heterocycles. The fourth-order valence-electron chi connectivity index (χ4n) is 4.18. The van der Waals surface area contributed by atoms with Crippen molar-refractivity contribution in [3.05, 3.63) is 66.0 Å². The Hall–Kier alpha value is -3.90. The Kier molecular flexibility index (Phi) is 6.38. The molecule has 0 saturated carbocycles. The normalized spacial score (nSPS) is 13.9. The molecule has 0 spiro atoms. The maximum atomic E-state index is 11.3. The molecular formula is C25H28N8O3S. The second-order valence-electron chi connectivity index (χ2n) is 9.55. The van der Waals surface area contributed by atoms with E-state index in [0.717, 1.165) is 45.2 Å². The summed E-state index contributed by atoms with van der Waals surface area (Å²) in [6.45, 7) is 6.77. The van der Waals surface area contributed by atoms with Crippen LogP contribution in [0.25, 0.3) is 16.8 Å². The van der Waals surface area contributed by atoms with Gasteiger partial charge < -0.3 is 15.4 Å². The molecule has 0 atom stereocenters. The predicted molar refractivity (Wildman–Crippen MR) is 140 cm³/mol. The molecule has 0 fully saturated rings. The van der Waals surface area contributed by atoms with Crippen molar-refractivity contribution < 1.29 is 13.2 Å². The maximum Gasteiger partial charge on any atom is 0.227 e. The number of hydrogen-bond donors (Lipinski definition) is 2. The molecule has 0 radical (unpaired) electrons. The fraction of sp³-hybridized carbons (Fsp3) is 0.320. The molecule has 1 aliphatic heterocycles. The van der Waals surface area contributed by atoms with E-state index < -0.39 is 15.4 Å². The van der Waals surface area contributed by atoms with E-state index in [1.807, 2.05) is 45.0 Å². The van der Waals surface area contributed by atoms with Crippen LogP contribution in [0.15, 0.2) is 49.1 Å². The number of aromatic nitrogens is 6. The van der Waals surface area contributed by atoms with E-state index in [1.54, 1.807) is 29.5 Å². The Bertz CT molecular complexity index is 1570. The smallest absolute Gasteiger partial charge is 0.227 e. The quantitative estimate of drug-likeness (QED) is 0.334. The zero-order valence-electron chi connectivity index (χ0n) is 21.1. The summed E-state index contributed by atoms with van der Waals surface area (Å²) in [4.78, 5) is 13.6. The number of rotatable bonds is 8. The minimum absolute atomic E-state index is 0.0870. The molecule has 0 unspecified atom stereocenters. The van der Waals surface area contributed by atoms with Crippen LogP contribution < -0.4 is 15.4 Å². The van der Waals surface area contributed by atoms with Gasteiger partial charge in [0.15, 0.2) is 0 Å². The van der Waals surface area contributed by atoms with Crippen LogP contribution in [0.2, 0.25) is 0 Å². The van der Waals surface area contributed by atoms with Gasteiger partial charge in [-0.25, -0.2) is 23.1 Å². The minimum Gasteiger partial charge on any atom is -0.481 e. The van der Waals surface area contributed by atoms with Crippen LogP contribution in [0.3, 0.4) is 0 Å². The summed E-state index contributed by atoms with van der Waals surface area (Å²) in [5.41, 5.74) is 5.32. The SMILES string of the molecule is Cc1cnnn1-c1ccc2c(c1)OC(C)(C)c1nc(Nc3cncc(CNCCS(C)(=O)=O)c3)ncc1-2. The molecule has 37 heavy (non-hydrogen) atoms. The first-order valence-corrected chi connectivity index (χ1v) is 13.8. The van der Waals surface area contributed by atoms with Crippen LogP contribution >= 0.6 is 0 Å². The van der Waals surface area contributed by atoms with E-state index in [4.69, 9.17) is 9.72 Å². The summed E-state index contributed by atoms with van der Waals surface area (Å²) in [6, 6.07) is 7.84. The van der Waals surface area contributed by atoms with Gasteiger partial charge in [0, 0.05) is 48.9 Å². The third-order valence-corrected chi connectivity index (χ3v) is 6.92. The lowest BCUT2D eigenvalue weighted by Crippen LogP contribution is -2.31. The van der Waals surface area contributed by atoms with Gasteiger partial charge in [-0.15, -0.1) is 5.10 Å². The number of anilines is 2. The Morgan fingerprint density at radius 3 is 2.68 bits per heavy atom. The molecule has 0 amide bonds. The second kappa shape index (κ2) is 9.52. The minimum atomic E-state index is -3.00. The first-order chi connectivity index (χ1) is 17.6. The van der Waals surface area contributed by atoms with Gasteiger partial charge in [-0.05, 0) is 44.5 Å². The summed E-state index contributed by atoms with van der Waals surface area (Å²) in [6.07, 6.45) is 8.16. The molecule has 12 heteroatoms. The average molecular weight is 521 g/mol. The summed E-state index contributed by atoms with van der Waals surface area (Å²) in [7, 11) is -3.00. The van der Waals surface area contributed by atoms with Crippen LogP contribution in [0.1, 0.15) is 30.8 Å². The third-order valence-electron chi connectivity index (χ3n) is 5.97. The fourth-order valence-corrected chi connectivity index (χ4v) is 4.70. The first-order valence-electron chi connectivity index (χ1n) is 11.8. The monoisotopic (exact) mass is 520 g/mol. The molecular weight excluding hydrogens is 492 g/mol. The van der Waals surface area contributed by atoms with Gasteiger partial charge >= 0.3 is 0 Å². The first kappa shape index (κ1) is 24.8. The lowest BCUT2D eigenvalue weighted by Gasteiger charge is -2.34. The number of aryl methyl sites for hydroxylation is 1. The van der Waals surface area contributed by atoms with Gasteiger partial charge in [0.1, 0.15) is 21.2 Å². The van der Waals surface area contributed by atoms with Crippen molar-refractivity contribution in [2.24, 2.45) is 0 Å². The van der Waals surface area contributed by atoms with Crippen molar-refractivity contribution in [3.8, 4) is 22.6 Å². The molecule has 3 aromatic heterocycles. The van der Waals surface area contributed by atoms with Crippen molar-refractivity contribution in [1.29, 1.82) is 0 Å². The summed E-state index contributed by atoms with van der Waals surface area (Å²) in [5, 5.41) is 14.5. The van der Waals surface area contributed by atoms with Gasteiger partial charge in [0.05, 0.1) is 40.9 Å². The van der Waals surface area contributed by atoms with E-state index in [1.165, 1.54) is 6.26 Å². The predicted octanol–water partition coefficient (Wildman–Crippen LogP) is 2.93. The van der Waals surface area contributed by atoms with Crippen molar-refractivity contribution >= 4 is 21.5 Å². The largest absolute Gasteiger partial charge is 0.481 e. The molecule has 1 aromatic carbocycles. The van der Waals surface area contributed by atoms with Gasteiger partial charge in [0.2, 0.25) is 5.95 Å². The van der Waals surface area contributed by atoms with Gasteiger partial charge in [0.25, 0.3) is 0 Å². The van der Waals surface area contributed by atoms with Gasteiger partial charge in [-0.3, -0.25) is 4.98 Å². The van der Waals surface area contributed by atoms with Crippen molar-refractivity contribution in [2.45, 2.75) is 32.9 Å². The Morgan fingerprint density at radius 2 is 1.92 bits per heavy atom. The molecule has 5 rings (SSSR count). The van der Waals surface area contributed by atoms with E-state index >= 15 is 0 Å². The average Bonchev–Trinajstić information content (AvgIpc) is 3.27. The van der Waals surface area contributed by atoms with Crippen LogP contribution in [0, 0.1) is 6.92 Å². The van der Waals surface area contributed by atoms with E-state index in [-0.39, 0.29) is 5.75 Å². The second-order valence-corrected chi connectivity index (χ2v) is 11.8. The van der Waals surface area contributed by atoms with Crippen molar-refractivity contribution in [2.75, 3.05) is 23.9 Å². The number of ether oxygens (including phenoxy) is 1. The zero-order valence-corrected chi connectivity index (χ0v) is 21.9. The Balaban J connectivity index is 1.36. The number of nitrogens with zero attached hydrogens (tertiary/aromatic N) is 6. The van der Waals surface area contributed by atoms with Crippen LogP contribution in [0.5, 0.6) is 5.75 Å². The molecule has 4 aromatic rings. The van der Waals surface area contributed by atoms with E-state index in [0.29, 0.717) is 19.0 Å². The zero-order chi connectivity index (χ0) is 26.2. The van der Waals surface area contributed by atoms with Gasteiger partial charge in [-0.2, -0.15) is 0 Å². The van der Waals surface area contributed by atoms with Crippen molar-refractivity contribution in [3.63, 3.8) is 0 Å². The van der Waals surface area contributed by atoms with Crippen LogP contribution in [-0.4, -0.2) is 56.9 Å². The lowest BCUT2D eigenvalue weighted by molar-refractivity contribution is 0.100. The van der Waals surface area contributed by atoms with Crippen LogP contribution in [0.4, 0.5) is 11.6 Å². The Morgan fingerprint density at radius 1 is 1.08 bits per heavy atom. The molecule has 1 aliphatic rings. The van der Waals surface area contributed by atoms with Crippen LogP contribution in [-0.2, 0) is 22.0 Å². The summed E-state index contributed by atoms with van der Waals surface area (Å²) < 4.78 is 30.7. The molecule has 2 N–H and O–H groups in total. The van der Waals surface area contributed by atoms with E-state index in [2.05, 4.69) is 30.9 Å². The highest BCUT2D eigenvalue weighted by atomic mass is 32.2. The molecule has 4 heterocycles. The maximum absolute atomic E-state index is 11.3. The molecule has 0 aliphatic carbocycles. The highest BCUT2D eigenvalue weighted by molar-refractivity contribution is 7.90. The number of hydrogen-bond acceptors (Lipinski definition) is 10. The number of fused-ring (bicyclic) bond motifs is 3. The number of benzene rings is 1.